The molecule has 0 aliphatic carbocycles. The van der Waals surface area contributed by atoms with Crippen LogP contribution < -0.4 is 5.32 Å². The lowest BCUT2D eigenvalue weighted by Crippen LogP contribution is -2.38. The normalized spacial score (nSPS) is 26.0. The van der Waals surface area contributed by atoms with Crippen LogP contribution in [0.25, 0.3) is 0 Å². The van der Waals surface area contributed by atoms with Gasteiger partial charge < -0.3 is 10.2 Å². The summed E-state index contributed by atoms with van der Waals surface area (Å²) in [6, 6.07) is 0. The van der Waals surface area contributed by atoms with E-state index >= 15 is 0 Å². The van der Waals surface area contributed by atoms with Crippen molar-refractivity contribution in [1.82, 2.24) is 10.2 Å². The van der Waals surface area contributed by atoms with Gasteiger partial charge in [-0.3, -0.25) is 0 Å². The van der Waals surface area contributed by atoms with Crippen LogP contribution in [0.4, 0.5) is 0 Å². The molecule has 0 radical (unpaired) electrons. The smallest absolute Gasteiger partial charge is 0.0107 e. The van der Waals surface area contributed by atoms with Crippen molar-refractivity contribution >= 4 is 0 Å². The van der Waals surface area contributed by atoms with E-state index in [1.54, 1.807) is 0 Å². The van der Waals surface area contributed by atoms with Crippen LogP contribution in [0.3, 0.4) is 0 Å². The predicted octanol–water partition coefficient (Wildman–Crippen LogP) is 1.33. The second kappa shape index (κ2) is 5.55. The summed E-state index contributed by atoms with van der Waals surface area (Å²) in [5, 5.41) is 3.21. The van der Waals surface area contributed by atoms with Crippen LogP contribution in [0.5, 0.6) is 0 Å². The third kappa shape index (κ3) is 3.11. The van der Waals surface area contributed by atoms with E-state index in [9.17, 15) is 0 Å². The van der Waals surface area contributed by atoms with E-state index in [0.29, 0.717) is 0 Å². The van der Waals surface area contributed by atoms with E-state index in [0.717, 1.165) is 12.5 Å². The molecule has 0 aromatic heterocycles. The third-order valence-corrected chi connectivity index (χ3v) is 2.86. The molecule has 0 spiro atoms. The minimum absolute atomic E-state index is 0.968. The van der Waals surface area contributed by atoms with Crippen molar-refractivity contribution in [3.63, 3.8) is 0 Å². The van der Waals surface area contributed by atoms with E-state index in [1.807, 2.05) is 7.05 Å². The standard InChI is InChI=1S/C10H22N2/c1-3-10-5-4-7-12(9-10)8-6-11-2/h10-11H,3-9H2,1-2H3. The van der Waals surface area contributed by atoms with Gasteiger partial charge in [-0.05, 0) is 32.4 Å². The van der Waals surface area contributed by atoms with Gasteiger partial charge in [-0.1, -0.05) is 13.3 Å². The molecule has 72 valence electrons. The number of nitrogens with zero attached hydrogens (tertiary/aromatic N) is 1. The van der Waals surface area contributed by atoms with Crippen molar-refractivity contribution in [2.45, 2.75) is 26.2 Å². The Morgan fingerprint density at radius 2 is 2.33 bits per heavy atom. The van der Waals surface area contributed by atoms with Gasteiger partial charge in [0.25, 0.3) is 0 Å². The summed E-state index contributed by atoms with van der Waals surface area (Å²) in [5.74, 6) is 0.968. The third-order valence-electron chi connectivity index (χ3n) is 2.86. The molecule has 12 heavy (non-hydrogen) atoms. The molecule has 0 saturated carbocycles. The fourth-order valence-electron chi connectivity index (χ4n) is 1.96. The van der Waals surface area contributed by atoms with E-state index in [2.05, 4.69) is 17.1 Å². The van der Waals surface area contributed by atoms with Crippen molar-refractivity contribution < 1.29 is 0 Å². The Bertz CT molecular complexity index is 114. The zero-order valence-corrected chi connectivity index (χ0v) is 8.47. The fourth-order valence-corrected chi connectivity index (χ4v) is 1.96. The Kier molecular flexibility index (Phi) is 4.62. The molecule has 0 bridgehead atoms. The molecule has 1 saturated heterocycles. The maximum absolute atomic E-state index is 3.21. The lowest BCUT2D eigenvalue weighted by atomic mass is 9.96. The molecule has 1 aliphatic heterocycles. The van der Waals surface area contributed by atoms with Crippen molar-refractivity contribution in [1.29, 1.82) is 0 Å². The first-order chi connectivity index (χ1) is 5.86. The summed E-state index contributed by atoms with van der Waals surface area (Å²) in [6.07, 6.45) is 4.21. The largest absolute Gasteiger partial charge is 0.318 e. The molecule has 0 amide bonds. The monoisotopic (exact) mass is 170 g/mol. The van der Waals surface area contributed by atoms with Gasteiger partial charge in [-0.2, -0.15) is 0 Å². The minimum atomic E-state index is 0.968. The van der Waals surface area contributed by atoms with Crippen molar-refractivity contribution in [3.05, 3.63) is 0 Å². The summed E-state index contributed by atoms with van der Waals surface area (Å²) in [4.78, 5) is 2.59. The van der Waals surface area contributed by atoms with Crippen LogP contribution in [0, 0.1) is 5.92 Å². The molecule has 1 N–H and O–H groups in total. The number of nitrogens with one attached hydrogen (secondary N) is 1. The average Bonchev–Trinajstić information content (AvgIpc) is 2.15. The maximum Gasteiger partial charge on any atom is 0.0107 e. The first kappa shape index (κ1) is 10.0. The Labute approximate surface area is 76.3 Å². The number of likely N-dealkylation sites (tertiary alicyclic amines) is 1. The second-order valence-electron chi connectivity index (χ2n) is 3.82. The molecule has 0 aromatic carbocycles. The number of likely N-dealkylation sites (N-methyl/N-ethyl adjacent to an activating group) is 1. The Hall–Kier alpha value is -0.0800. The van der Waals surface area contributed by atoms with E-state index in [-0.39, 0.29) is 0 Å². The fraction of sp³-hybridized carbons (Fsp3) is 1.00. The van der Waals surface area contributed by atoms with Crippen LogP contribution in [0.2, 0.25) is 0 Å². The van der Waals surface area contributed by atoms with Crippen LogP contribution in [0.15, 0.2) is 0 Å². The van der Waals surface area contributed by atoms with E-state index < -0.39 is 0 Å². The highest BCUT2D eigenvalue weighted by atomic mass is 15.1. The van der Waals surface area contributed by atoms with Gasteiger partial charge in [-0.15, -0.1) is 0 Å². The van der Waals surface area contributed by atoms with Crippen molar-refractivity contribution in [2.24, 2.45) is 5.92 Å². The molecule has 1 fully saturated rings. The Morgan fingerprint density at radius 1 is 1.50 bits per heavy atom. The summed E-state index contributed by atoms with van der Waals surface area (Å²) in [5.41, 5.74) is 0. The van der Waals surface area contributed by atoms with Crippen LogP contribution in [-0.4, -0.2) is 38.1 Å². The van der Waals surface area contributed by atoms with Crippen LogP contribution in [-0.2, 0) is 0 Å². The van der Waals surface area contributed by atoms with E-state index in [4.69, 9.17) is 0 Å². The minimum Gasteiger partial charge on any atom is -0.318 e. The van der Waals surface area contributed by atoms with Gasteiger partial charge in [0.2, 0.25) is 0 Å². The highest BCUT2D eigenvalue weighted by molar-refractivity contribution is 4.72. The molecule has 1 unspecified atom stereocenters. The van der Waals surface area contributed by atoms with Gasteiger partial charge in [0.15, 0.2) is 0 Å². The summed E-state index contributed by atoms with van der Waals surface area (Å²) >= 11 is 0. The zero-order valence-electron chi connectivity index (χ0n) is 8.47. The number of hydrogen-bond donors (Lipinski definition) is 1. The van der Waals surface area contributed by atoms with Gasteiger partial charge >= 0.3 is 0 Å². The highest BCUT2D eigenvalue weighted by Gasteiger charge is 2.17. The number of rotatable bonds is 4. The first-order valence-corrected chi connectivity index (χ1v) is 5.23. The van der Waals surface area contributed by atoms with Gasteiger partial charge in [0.05, 0.1) is 0 Å². The summed E-state index contributed by atoms with van der Waals surface area (Å²) in [7, 11) is 2.03. The lowest BCUT2D eigenvalue weighted by molar-refractivity contribution is 0.173. The topological polar surface area (TPSA) is 15.3 Å². The van der Waals surface area contributed by atoms with Gasteiger partial charge in [0, 0.05) is 19.6 Å². The Balaban J connectivity index is 2.16. The molecular weight excluding hydrogens is 148 g/mol. The summed E-state index contributed by atoms with van der Waals surface area (Å²) in [6.45, 7) is 7.33. The summed E-state index contributed by atoms with van der Waals surface area (Å²) < 4.78 is 0. The van der Waals surface area contributed by atoms with Crippen LogP contribution in [0.1, 0.15) is 26.2 Å². The lowest BCUT2D eigenvalue weighted by Gasteiger charge is -2.32. The molecule has 1 rings (SSSR count). The molecule has 2 nitrogen and oxygen atoms in total. The molecule has 1 aliphatic rings. The average molecular weight is 170 g/mol. The van der Waals surface area contributed by atoms with Crippen molar-refractivity contribution in [3.8, 4) is 0 Å². The zero-order chi connectivity index (χ0) is 8.81. The molecular formula is C10H22N2. The molecule has 2 heteroatoms. The van der Waals surface area contributed by atoms with Gasteiger partial charge in [0.1, 0.15) is 0 Å². The van der Waals surface area contributed by atoms with Crippen LogP contribution >= 0.6 is 0 Å². The molecule has 1 atom stereocenters. The predicted molar refractivity (Wildman–Crippen MR) is 53.4 cm³/mol. The number of piperidine rings is 1. The quantitative estimate of drug-likeness (QED) is 0.684. The highest BCUT2D eigenvalue weighted by Crippen LogP contribution is 2.18. The van der Waals surface area contributed by atoms with E-state index in [1.165, 1.54) is 38.9 Å². The maximum atomic E-state index is 3.21. The molecule has 1 heterocycles. The van der Waals surface area contributed by atoms with Crippen molar-refractivity contribution in [2.75, 3.05) is 33.2 Å². The Morgan fingerprint density at radius 3 is 3.00 bits per heavy atom. The van der Waals surface area contributed by atoms with Gasteiger partial charge in [-0.25, -0.2) is 0 Å². The second-order valence-corrected chi connectivity index (χ2v) is 3.82. The first-order valence-electron chi connectivity index (χ1n) is 5.23. The number of hydrogen-bond acceptors (Lipinski definition) is 2. The molecule has 0 aromatic rings. The SMILES string of the molecule is CCC1CCCN(CCNC)C1.